The minimum Gasteiger partial charge on any atom is -0.504 e. The second-order valence-electron chi connectivity index (χ2n) is 5.35. The molecule has 3 rings (SSSR count). The first-order valence-electron chi connectivity index (χ1n) is 7.31. The number of nitrogens with zero attached hydrogens (tertiary/aromatic N) is 1. The predicted molar refractivity (Wildman–Crippen MR) is 85.0 cm³/mol. The second kappa shape index (κ2) is 5.94. The van der Waals surface area contributed by atoms with Crippen LogP contribution in [0.25, 0.3) is 0 Å². The molecule has 0 fully saturated rings. The number of sulfonamides is 1. The smallest absolute Gasteiger partial charge is 0.234 e. The van der Waals surface area contributed by atoms with Crippen LogP contribution in [-0.2, 0) is 16.4 Å². The van der Waals surface area contributed by atoms with E-state index in [2.05, 4.69) is 0 Å². The maximum Gasteiger partial charge on any atom is 0.234 e. The van der Waals surface area contributed by atoms with Crippen LogP contribution in [0.1, 0.15) is 12.5 Å². The fraction of sp³-hybridized carbons (Fsp3) is 0.250. The molecule has 2 aromatic rings. The Bertz CT molecular complexity index is 899. The molecule has 1 aliphatic heterocycles. The predicted octanol–water partition coefficient (Wildman–Crippen LogP) is 3.17. The lowest BCUT2D eigenvalue weighted by Crippen LogP contribution is -2.30. The molecule has 8 heteroatoms. The molecular formula is C16H15F2NO4S. The first-order valence-corrected chi connectivity index (χ1v) is 8.92. The van der Waals surface area contributed by atoms with Gasteiger partial charge in [-0.05, 0) is 37.1 Å². The molecule has 0 aliphatic carbocycles. The molecule has 1 aliphatic rings. The van der Waals surface area contributed by atoms with Crippen LogP contribution in [0.5, 0.6) is 17.2 Å². The number of phenolic OH excluding ortho intramolecular Hbond substituents is 1. The van der Waals surface area contributed by atoms with Crippen molar-refractivity contribution in [2.75, 3.05) is 16.6 Å². The molecule has 0 aromatic heterocycles. The molecular weight excluding hydrogens is 340 g/mol. The Hall–Kier alpha value is -2.35. The third kappa shape index (κ3) is 2.89. The van der Waals surface area contributed by atoms with Crippen LogP contribution in [-0.4, -0.2) is 25.8 Å². The molecule has 24 heavy (non-hydrogen) atoms. The van der Waals surface area contributed by atoms with Gasteiger partial charge in [-0.2, -0.15) is 0 Å². The second-order valence-corrected chi connectivity index (χ2v) is 7.53. The summed E-state index contributed by atoms with van der Waals surface area (Å²) in [6.45, 7) is 1.82. The monoisotopic (exact) mass is 355 g/mol. The maximum absolute atomic E-state index is 13.7. The van der Waals surface area contributed by atoms with E-state index in [4.69, 9.17) is 4.74 Å². The number of anilines is 1. The van der Waals surface area contributed by atoms with Gasteiger partial charge in [-0.15, -0.1) is 0 Å². The van der Waals surface area contributed by atoms with Crippen LogP contribution in [0.15, 0.2) is 30.3 Å². The summed E-state index contributed by atoms with van der Waals surface area (Å²) in [5.41, 5.74) is 1.06. The topological polar surface area (TPSA) is 66.8 Å². The van der Waals surface area contributed by atoms with E-state index in [-0.39, 0.29) is 29.5 Å². The normalized spacial score (nSPS) is 13.9. The zero-order valence-corrected chi connectivity index (χ0v) is 13.6. The molecule has 0 saturated heterocycles. The Kier molecular flexibility index (Phi) is 4.08. The fourth-order valence-electron chi connectivity index (χ4n) is 2.58. The van der Waals surface area contributed by atoms with E-state index in [0.29, 0.717) is 23.7 Å². The maximum atomic E-state index is 13.7. The van der Waals surface area contributed by atoms with E-state index in [0.717, 1.165) is 12.1 Å². The van der Waals surface area contributed by atoms with E-state index >= 15 is 0 Å². The third-order valence-electron chi connectivity index (χ3n) is 3.83. The van der Waals surface area contributed by atoms with Gasteiger partial charge in [-0.3, -0.25) is 4.31 Å². The molecule has 1 heterocycles. The van der Waals surface area contributed by atoms with Gasteiger partial charge in [0.05, 0.1) is 11.4 Å². The minimum absolute atomic E-state index is 0.0185. The van der Waals surface area contributed by atoms with Gasteiger partial charge in [0.15, 0.2) is 23.1 Å². The van der Waals surface area contributed by atoms with Crippen molar-refractivity contribution in [3.05, 3.63) is 47.5 Å². The van der Waals surface area contributed by atoms with Crippen LogP contribution in [0.3, 0.4) is 0 Å². The van der Waals surface area contributed by atoms with Crippen molar-refractivity contribution in [2.45, 2.75) is 13.3 Å². The summed E-state index contributed by atoms with van der Waals surface area (Å²) >= 11 is 0. The summed E-state index contributed by atoms with van der Waals surface area (Å²) < 4.78 is 57.3. The number of phenols is 1. The van der Waals surface area contributed by atoms with Crippen molar-refractivity contribution < 1.29 is 27.0 Å². The average Bonchev–Trinajstić information content (AvgIpc) is 2.93. The zero-order valence-electron chi connectivity index (χ0n) is 12.8. The number of rotatable bonds is 4. The number of fused-ring (bicyclic) bond motifs is 1. The lowest BCUT2D eigenvalue weighted by molar-refractivity contribution is 0.394. The summed E-state index contributed by atoms with van der Waals surface area (Å²) in [6.07, 6.45) is 0.455. The Morgan fingerprint density at radius 2 is 1.96 bits per heavy atom. The molecule has 1 N–H and O–H groups in total. The zero-order chi connectivity index (χ0) is 17.5. The molecule has 2 aromatic carbocycles. The van der Waals surface area contributed by atoms with Gasteiger partial charge >= 0.3 is 0 Å². The molecule has 5 nitrogen and oxygen atoms in total. The molecule has 0 radical (unpaired) electrons. The molecule has 0 atom stereocenters. The first-order chi connectivity index (χ1) is 11.3. The molecule has 0 unspecified atom stereocenters. The van der Waals surface area contributed by atoms with Crippen molar-refractivity contribution in [1.82, 2.24) is 0 Å². The van der Waals surface area contributed by atoms with E-state index in [9.17, 15) is 22.3 Å². The van der Waals surface area contributed by atoms with Gasteiger partial charge < -0.3 is 9.84 Å². The van der Waals surface area contributed by atoms with E-state index in [1.807, 2.05) is 0 Å². The summed E-state index contributed by atoms with van der Waals surface area (Å²) in [5.74, 6) is -2.26. The van der Waals surface area contributed by atoms with Crippen LogP contribution < -0.4 is 9.04 Å². The van der Waals surface area contributed by atoms with Crippen molar-refractivity contribution in [2.24, 2.45) is 0 Å². The quantitative estimate of drug-likeness (QED) is 0.915. The number of hydrogen-bond donors (Lipinski definition) is 1. The van der Waals surface area contributed by atoms with E-state index in [1.165, 1.54) is 16.4 Å². The van der Waals surface area contributed by atoms with Gasteiger partial charge in [0.2, 0.25) is 10.0 Å². The Labute approximate surface area is 138 Å². The lowest BCUT2D eigenvalue weighted by atomic mass is 10.1. The number of benzene rings is 2. The van der Waals surface area contributed by atoms with Gasteiger partial charge in [-0.1, -0.05) is 0 Å². The summed E-state index contributed by atoms with van der Waals surface area (Å²) in [5, 5.41) is 10.1. The Balaban J connectivity index is 1.96. The van der Waals surface area contributed by atoms with Crippen LogP contribution >= 0.6 is 0 Å². The molecule has 0 amide bonds. The van der Waals surface area contributed by atoms with Crippen LogP contribution in [0, 0.1) is 11.6 Å². The minimum atomic E-state index is -3.43. The molecule has 0 spiro atoms. The van der Waals surface area contributed by atoms with Gasteiger partial charge in [-0.25, -0.2) is 17.2 Å². The molecule has 0 bridgehead atoms. The largest absolute Gasteiger partial charge is 0.504 e. The van der Waals surface area contributed by atoms with Crippen molar-refractivity contribution >= 4 is 15.7 Å². The average molecular weight is 355 g/mol. The third-order valence-corrected chi connectivity index (χ3v) is 5.61. The van der Waals surface area contributed by atoms with Gasteiger partial charge in [0.1, 0.15) is 5.82 Å². The van der Waals surface area contributed by atoms with E-state index < -0.39 is 21.7 Å². The standard InChI is InChI=1S/C16H15F2NO4S/c1-2-24(21,22)19-6-5-10-7-16(14(20)9-13(10)19)23-15-4-3-11(17)8-12(15)18/h3-4,7-9,20H,2,5-6H2,1H3. The molecule has 0 saturated carbocycles. The fourth-order valence-corrected chi connectivity index (χ4v) is 3.73. The highest BCUT2D eigenvalue weighted by molar-refractivity contribution is 7.92. The Morgan fingerprint density at radius 1 is 1.21 bits per heavy atom. The number of ether oxygens (including phenoxy) is 1. The SMILES string of the molecule is CCS(=O)(=O)N1CCc2cc(Oc3ccc(F)cc3F)c(O)cc21. The van der Waals surface area contributed by atoms with Gasteiger partial charge in [0.25, 0.3) is 0 Å². The summed E-state index contributed by atoms with van der Waals surface area (Å²) in [6, 6.07) is 5.59. The van der Waals surface area contributed by atoms with Crippen molar-refractivity contribution in [1.29, 1.82) is 0 Å². The van der Waals surface area contributed by atoms with E-state index in [1.54, 1.807) is 6.92 Å². The molecule has 128 valence electrons. The highest BCUT2D eigenvalue weighted by atomic mass is 32.2. The van der Waals surface area contributed by atoms with Gasteiger partial charge in [0, 0.05) is 18.7 Å². The number of hydrogen-bond acceptors (Lipinski definition) is 4. The summed E-state index contributed by atoms with van der Waals surface area (Å²) in [7, 11) is -3.43. The first kappa shape index (κ1) is 16.5. The van der Waals surface area contributed by atoms with Crippen LogP contribution in [0.4, 0.5) is 14.5 Å². The highest BCUT2D eigenvalue weighted by Gasteiger charge is 2.29. The number of aromatic hydroxyl groups is 1. The highest BCUT2D eigenvalue weighted by Crippen LogP contribution is 2.41. The van der Waals surface area contributed by atoms with Crippen LogP contribution in [0.2, 0.25) is 0 Å². The lowest BCUT2D eigenvalue weighted by Gasteiger charge is -2.19. The Morgan fingerprint density at radius 3 is 2.62 bits per heavy atom. The summed E-state index contributed by atoms with van der Waals surface area (Å²) in [4.78, 5) is 0. The number of halogens is 2. The van der Waals surface area contributed by atoms with Crippen molar-refractivity contribution in [3.8, 4) is 17.2 Å². The van der Waals surface area contributed by atoms with Crippen molar-refractivity contribution in [3.63, 3.8) is 0 Å².